The fraction of sp³-hybridized carbons (Fsp3) is 0.0769. The highest BCUT2D eigenvalue weighted by atomic mass is 32.2. The van der Waals surface area contributed by atoms with E-state index in [-0.39, 0.29) is 17.0 Å². The maximum Gasteiger partial charge on any atom is 0.147 e. The van der Waals surface area contributed by atoms with Crippen molar-refractivity contribution in [1.82, 2.24) is 0 Å². The van der Waals surface area contributed by atoms with Gasteiger partial charge in [-0.3, -0.25) is 0 Å². The van der Waals surface area contributed by atoms with Crippen molar-refractivity contribution >= 4 is 17.4 Å². The molecule has 0 aliphatic carbocycles. The Bertz CT molecular complexity index is 552. The molecule has 0 aliphatic rings. The molecule has 0 heterocycles. The molecule has 1 nitrogen and oxygen atoms in total. The molecule has 0 atom stereocenters. The van der Waals surface area contributed by atoms with Crippen LogP contribution >= 0.6 is 11.8 Å². The summed E-state index contributed by atoms with van der Waals surface area (Å²) in [5.41, 5.74) is 5.38. The van der Waals surface area contributed by atoms with Crippen LogP contribution in [0.2, 0.25) is 0 Å². The van der Waals surface area contributed by atoms with Crippen molar-refractivity contribution in [1.29, 1.82) is 0 Å². The SMILES string of the molecule is Nc1ccc(SCc2c(F)cccc2F)cc1F. The Labute approximate surface area is 107 Å². The van der Waals surface area contributed by atoms with Crippen LogP contribution in [0.1, 0.15) is 5.56 Å². The lowest BCUT2D eigenvalue weighted by atomic mass is 10.2. The van der Waals surface area contributed by atoms with Crippen LogP contribution in [-0.2, 0) is 5.75 Å². The second-order valence-corrected chi connectivity index (χ2v) is 4.72. The molecule has 0 aromatic heterocycles. The molecule has 5 heteroatoms. The van der Waals surface area contributed by atoms with E-state index in [1.165, 1.54) is 30.3 Å². The fourth-order valence-electron chi connectivity index (χ4n) is 1.42. The minimum atomic E-state index is -0.599. The van der Waals surface area contributed by atoms with Crippen molar-refractivity contribution in [2.45, 2.75) is 10.6 Å². The monoisotopic (exact) mass is 269 g/mol. The molecule has 0 fully saturated rings. The van der Waals surface area contributed by atoms with Crippen molar-refractivity contribution in [3.05, 3.63) is 59.4 Å². The van der Waals surface area contributed by atoms with E-state index in [0.29, 0.717) is 4.90 Å². The molecule has 2 aromatic rings. The first-order chi connectivity index (χ1) is 8.58. The lowest BCUT2D eigenvalue weighted by Gasteiger charge is -2.05. The molecule has 18 heavy (non-hydrogen) atoms. The Morgan fingerprint density at radius 2 is 1.61 bits per heavy atom. The van der Waals surface area contributed by atoms with Gasteiger partial charge < -0.3 is 5.73 Å². The highest BCUT2D eigenvalue weighted by Gasteiger charge is 2.09. The van der Waals surface area contributed by atoms with E-state index in [4.69, 9.17) is 5.73 Å². The van der Waals surface area contributed by atoms with E-state index >= 15 is 0 Å². The summed E-state index contributed by atoms with van der Waals surface area (Å²) < 4.78 is 39.9. The average molecular weight is 269 g/mol. The number of benzene rings is 2. The van der Waals surface area contributed by atoms with Gasteiger partial charge in [0.15, 0.2) is 0 Å². The largest absolute Gasteiger partial charge is 0.396 e. The third-order valence-electron chi connectivity index (χ3n) is 2.42. The summed E-state index contributed by atoms with van der Waals surface area (Å²) in [6.07, 6.45) is 0. The summed E-state index contributed by atoms with van der Waals surface area (Å²) >= 11 is 1.15. The van der Waals surface area contributed by atoms with Crippen LogP contribution in [0.4, 0.5) is 18.9 Å². The number of hydrogen-bond acceptors (Lipinski definition) is 2. The van der Waals surface area contributed by atoms with Crippen LogP contribution in [0.15, 0.2) is 41.3 Å². The molecule has 0 saturated heterocycles. The lowest BCUT2D eigenvalue weighted by molar-refractivity contribution is 0.566. The van der Waals surface area contributed by atoms with Crippen LogP contribution in [0, 0.1) is 17.5 Å². The number of nitrogen functional groups attached to an aromatic ring is 1. The predicted molar refractivity (Wildman–Crippen MR) is 66.7 cm³/mol. The van der Waals surface area contributed by atoms with E-state index in [1.54, 1.807) is 6.07 Å². The first kappa shape index (κ1) is 12.8. The van der Waals surface area contributed by atoms with E-state index in [0.717, 1.165) is 11.8 Å². The van der Waals surface area contributed by atoms with Gasteiger partial charge in [0, 0.05) is 16.2 Å². The first-order valence-electron chi connectivity index (χ1n) is 5.18. The molecule has 0 saturated carbocycles. The molecule has 2 rings (SSSR count). The zero-order chi connectivity index (χ0) is 13.1. The third-order valence-corrected chi connectivity index (χ3v) is 3.44. The normalized spacial score (nSPS) is 10.6. The summed E-state index contributed by atoms with van der Waals surface area (Å²) in [6, 6.07) is 7.99. The van der Waals surface area contributed by atoms with Crippen molar-refractivity contribution in [3.8, 4) is 0 Å². The minimum Gasteiger partial charge on any atom is -0.396 e. The summed E-state index contributed by atoms with van der Waals surface area (Å²) in [6.45, 7) is 0. The van der Waals surface area contributed by atoms with Crippen LogP contribution in [0.5, 0.6) is 0 Å². The van der Waals surface area contributed by atoms with Crippen molar-refractivity contribution in [3.63, 3.8) is 0 Å². The van der Waals surface area contributed by atoms with Gasteiger partial charge in [-0.15, -0.1) is 11.8 Å². The van der Waals surface area contributed by atoms with Gasteiger partial charge >= 0.3 is 0 Å². The van der Waals surface area contributed by atoms with Crippen LogP contribution in [-0.4, -0.2) is 0 Å². The number of anilines is 1. The molecule has 0 radical (unpaired) electrons. The molecule has 94 valence electrons. The fourth-order valence-corrected chi connectivity index (χ4v) is 2.36. The molecular weight excluding hydrogens is 259 g/mol. The first-order valence-corrected chi connectivity index (χ1v) is 6.17. The van der Waals surface area contributed by atoms with Crippen molar-refractivity contribution in [2.75, 3.05) is 5.73 Å². The molecule has 2 N–H and O–H groups in total. The standard InChI is InChI=1S/C13H10F3NS/c14-10-2-1-3-11(15)9(10)7-18-8-4-5-13(17)12(16)6-8/h1-6H,7,17H2. The molecule has 0 unspecified atom stereocenters. The Balaban J connectivity index is 2.14. The summed E-state index contributed by atoms with van der Waals surface area (Å²) in [4.78, 5) is 0.573. The van der Waals surface area contributed by atoms with E-state index < -0.39 is 17.5 Å². The van der Waals surface area contributed by atoms with Crippen LogP contribution in [0.3, 0.4) is 0 Å². The summed E-state index contributed by atoms with van der Waals surface area (Å²) in [5.74, 6) is -1.63. The number of thioether (sulfide) groups is 1. The van der Waals surface area contributed by atoms with Gasteiger partial charge in [-0.2, -0.15) is 0 Å². The quantitative estimate of drug-likeness (QED) is 0.673. The average Bonchev–Trinajstić information content (AvgIpc) is 2.33. The van der Waals surface area contributed by atoms with Gasteiger partial charge in [-0.05, 0) is 30.3 Å². The van der Waals surface area contributed by atoms with Gasteiger partial charge in [0.1, 0.15) is 17.5 Å². The highest BCUT2D eigenvalue weighted by Crippen LogP contribution is 2.27. The maximum atomic E-state index is 13.3. The van der Waals surface area contributed by atoms with Crippen LogP contribution < -0.4 is 5.73 Å². The van der Waals surface area contributed by atoms with Crippen LogP contribution in [0.25, 0.3) is 0 Å². The van der Waals surface area contributed by atoms with E-state index in [2.05, 4.69) is 0 Å². The Morgan fingerprint density at radius 1 is 0.944 bits per heavy atom. The Morgan fingerprint density at radius 3 is 2.22 bits per heavy atom. The summed E-state index contributed by atoms with van der Waals surface area (Å²) in [7, 11) is 0. The topological polar surface area (TPSA) is 26.0 Å². The Kier molecular flexibility index (Phi) is 3.81. The molecule has 0 bridgehead atoms. The van der Waals surface area contributed by atoms with Crippen molar-refractivity contribution in [2.24, 2.45) is 0 Å². The maximum absolute atomic E-state index is 13.3. The molecule has 0 amide bonds. The van der Waals surface area contributed by atoms with E-state index in [9.17, 15) is 13.2 Å². The second kappa shape index (κ2) is 5.35. The zero-order valence-electron chi connectivity index (χ0n) is 9.29. The zero-order valence-corrected chi connectivity index (χ0v) is 10.1. The van der Waals surface area contributed by atoms with Gasteiger partial charge in [-0.25, -0.2) is 13.2 Å². The van der Waals surface area contributed by atoms with E-state index in [1.807, 2.05) is 0 Å². The number of rotatable bonds is 3. The van der Waals surface area contributed by atoms with Crippen molar-refractivity contribution < 1.29 is 13.2 Å². The number of nitrogens with two attached hydrogens (primary N) is 1. The minimum absolute atomic E-state index is 0.0141. The molecule has 0 aliphatic heterocycles. The molecule has 0 spiro atoms. The van der Waals surface area contributed by atoms with Gasteiger partial charge in [0.25, 0.3) is 0 Å². The Hall–Kier alpha value is -1.62. The van der Waals surface area contributed by atoms with Gasteiger partial charge in [0.2, 0.25) is 0 Å². The highest BCUT2D eigenvalue weighted by molar-refractivity contribution is 7.98. The second-order valence-electron chi connectivity index (χ2n) is 3.67. The number of halogens is 3. The molecule has 2 aromatic carbocycles. The predicted octanol–water partition coefficient (Wildman–Crippen LogP) is 3.98. The van der Waals surface area contributed by atoms with Gasteiger partial charge in [-0.1, -0.05) is 6.07 Å². The van der Waals surface area contributed by atoms with Gasteiger partial charge in [0.05, 0.1) is 5.69 Å². The molecular formula is C13H10F3NS. The third kappa shape index (κ3) is 2.79. The smallest absolute Gasteiger partial charge is 0.147 e. The lowest BCUT2D eigenvalue weighted by Crippen LogP contribution is -1.93. The number of hydrogen-bond donors (Lipinski definition) is 1. The summed E-state index contributed by atoms with van der Waals surface area (Å²) in [5, 5.41) is 0.